The van der Waals surface area contributed by atoms with Crippen molar-refractivity contribution in [2.45, 2.75) is 51.3 Å². The predicted octanol–water partition coefficient (Wildman–Crippen LogP) is 6.89. The molecule has 0 radical (unpaired) electrons. The minimum atomic E-state index is -0.327. The van der Waals surface area contributed by atoms with E-state index in [1.165, 1.54) is 22.2 Å². The number of benzene rings is 3. The molecule has 0 saturated carbocycles. The number of carbonyl (C=O) groups excluding carboxylic acids is 2. The summed E-state index contributed by atoms with van der Waals surface area (Å²) in [7, 11) is 0. The van der Waals surface area contributed by atoms with Gasteiger partial charge in [0.25, 0.3) is 11.8 Å². The van der Waals surface area contributed by atoms with Gasteiger partial charge in [0.1, 0.15) is 10.6 Å². The minimum absolute atomic E-state index is 0.298. The van der Waals surface area contributed by atoms with Gasteiger partial charge >= 0.3 is 0 Å². The second-order valence-electron chi connectivity index (χ2n) is 8.47. The molecule has 3 aromatic rings. The van der Waals surface area contributed by atoms with Gasteiger partial charge < -0.3 is 5.32 Å². The van der Waals surface area contributed by atoms with Gasteiger partial charge in [-0.15, -0.1) is 0 Å². The summed E-state index contributed by atoms with van der Waals surface area (Å²) in [5.41, 5.74) is 5.22. The number of rotatable bonds is 9. The average molecular weight is 471 g/mol. The maximum Gasteiger partial charge on any atom is 0.283 e. The van der Waals surface area contributed by atoms with Crippen LogP contribution in [0.5, 0.6) is 0 Å². The first-order chi connectivity index (χ1) is 16.5. The van der Waals surface area contributed by atoms with Crippen molar-refractivity contribution in [3.8, 4) is 0 Å². The first kappa shape index (κ1) is 23.8. The van der Waals surface area contributed by atoms with E-state index < -0.39 is 0 Å². The van der Waals surface area contributed by atoms with E-state index in [-0.39, 0.29) is 11.8 Å². The number of unbranched alkanes of at least 4 members (excludes halogenated alkanes) is 1. The van der Waals surface area contributed by atoms with E-state index in [1.54, 1.807) is 0 Å². The lowest BCUT2D eigenvalue weighted by molar-refractivity contribution is -0.120. The standard InChI is InChI=1S/C29H30N2O2S/c1-4-6-9-21-14-16-23(17-15-21)31-28(32)26(30-25-11-8-7-10-22(25)5-2)27(29(31)33)34-24-18-12-20(3)13-19-24/h7-8,10-19,30H,4-6,9H2,1-3H3. The van der Waals surface area contributed by atoms with E-state index >= 15 is 0 Å². The molecule has 34 heavy (non-hydrogen) atoms. The zero-order chi connectivity index (χ0) is 24.1. The lowest BCUT2D eigenvalue weighted by Gasteiger charge is -2.16. The van der Waals surface area contributed by atoms with Crippen LogP contribution in [0.1, 0.15) is 43.4 Å². The SMILES string of the molecule is CCCCc1ccc(N2C(=O)C(Nc3ccccc3CC)=C(Sc3ccc(C)cc3)C2=O)cc1. The Bertz CT molecular complexity index is 1210. The molecule has 0 fully saturated rings. The van der Waals surface area contributed by atoms with Crippen molar-refractivity contribution >= 4 is 35.0 Å². The minimum Gasteiger partial charge on any atom is -0.350 e. The predicted molar refractivity (Wildman–Crippen MR) is 141 cm³/mol. The zero-order valence-corrected chi connectivity index (χ0v) is 20.7. The maximum absolute atomic E-state index is 13.6. The van der Waals surface area contributed by atoms with E-state index in [0.29, 0.717) is 16.3 Å². The number of nitrogens with one attached hydrogen (secondary N) is 1. The normalized spacial score (nSPS) is 13.7. The van der Waals surface area contributed by atoms with Crippen molar-refractivity contribution in [2.75, 3.05) is 10.2 Å². The van der Waals surface area contributed by atoms with E-state index in [2.05, 4.69) is 19.2 Å². The molecule has 0 bridgehead atoms. The topological polar surface area (TPSA) is 49.4 Å². The Balaban J connectivity index is 1.69. The zero-order valence-electron chi connectivity index (χ0n) is 19.9. The molecule has 4 rings (SSSR count). The number of hydrogen-bond acceptors (Lipinski definition) is 4. The van der Waals surface area contributed by atoms with Crippen LogP contribution in [0, 0.1) is 6.92 Å². The van der Waals surface area contributed by atoms with Gasteiger partial charge in [-0.05, 0) is 67.6 Å². The maximum atomic E-state index is 13.6. The molecule has 1 N–H and O–H groups in total. The number of amides is 2. The van der Waals surface area contributed by atoms with E-state index in [9.17, 15) is 9.59 Å². The van der Waals surface area contributed by atoms with Crippen molar-refractivity contribution in [1.29, 1.82) is 0 Å². The number of hydrogen-bond donors (Lipinski definition) is 1. The molecule has 3 aromatic carbocycles. The monoisotopic (exact) mass is 470 g/mol. The highest BCUT2D eigenvalue weighted by molar-refractivity contribution is 8.04. The highest BCUT2D eigenvalue weighted by Crippen LogP contribution is 2.38. The molecule has 1 aliphatic rings. The number of imide groups is 1. The van der Waals surface area contributed by atoms with Gasteiger partial charge in [0.2, 0.25) is 0 Å². The Morgan fingerprint density at radius 2 is 1.56 bits per heavy atom. The van der Waals surface area contributed by atoms with Gasteiger partial charge in [0, 0.05) is 10.6 Å². The first-order valence-corrected chi connectivity index (χ1v) is 12.6. The van der Waals surface area contributed by atoms with Crippen LogP contribution in [-0.4, -0.2) is 11.8 Å². The Hall–Kier alpha value is -3.31. The molecule has 2 amide bonds. The first-order valence-electron chi connectivity index (χ1n) is 11.8. The van der Waals surface area contributed by atoms with Crippen molar-refractivity contribution in [3.05, 3.63) is 100 Å². The van der Waals surface area contributed by atoms with Gasteiger partial charge in [0.05, 0.1) is 5.69 Å². The number of thioether (sulfide) groups is 1. The molecule has 0 spiro atoms. The molecular formula is C29H30N2O2S. The van der Waals surface area contributed by atoms with Crippen molar-refractivity contribution < 1.29 is 9.59 Å². The number of carbonyl (C=O) groups is 2. The highest BCUT2D eigenvalue weighted by Gasteiger charge is 2.40. The van der Waals surface area contributed by atoms with E-state index in [0.717, 1.165) is 47.4 Å². The fourth-order valence-electron chi connectivity index (χ4n) is 3.95. The quantitative estimate of drug-likeness (QED) is 0.346. The molecule has 0 aromatic heterocycles. The van der Waals surface area contributed by atoms with Crippen molar-refractivity contribution in [1.82, 2.24) is 0 Å². The lowest BCUT2D eigenvalue weighted by Crippen LogP contribution is -2.32. The van der Waals surface area contributed by atoms with E-state index in [4.69, 9.17) is 0 Å². The van der Waals surface area contributed by atoms with Gasteiger partial charge in [0.15, 0.2) is 0 Å². The van der Waals surface area contributed by atoms with Crippen LogP contribution in [0.25, 0.3) is 0 Å². The van der Waals surface area contributed by atoms with Crippen LogP contribution >= 0.6 is 11.8 Å². The highest BCUT2D eigenvalue weighted by atomic mass is 32.2. The van der Waals surface area contributed by atoms with Crippen LogP contribution in [0.4, 0.5) is 11.4 Å². The van der Waals surface area contributed by atoms with Gasteiger partial charge in [-0.1, -0.05) is 80.1 Å². The summed E-state index contributed by atoms with van der Waals surface area (Å²) in [4.78, 5) is 29.8. The van der Waals surface area contributed by atoms with Crippen molar-refractivity contribution in [3.63, 3.8) is 0 Å². The number of aryl methyl sites for hydroxylation is 3. The summed E-state index contributed by atoms with van der Waals surface area (Å²) >= 11 is 1.33. The smallest absolute Gasteiger partial charge is 0.283 e. The van der Waals surface area contributed by atoms with Crippen LogP contribution in [-0.2, 0) is 22.4 Å². The summed E-state index contributed by atoms with van der Waals surface area (Å²) in [6.07, 6.45) is 4.06. The summed E-state index contributed by atoms with van der Waals surface area (Å²) in [6, 6.07) is 23.6. The molecule has 1 aliphatic heterocycles. The third-order valence-corrected chi connectivity index (χ3v) is 7.04. The number of nitrogens with zero attached hydrogens (tertiary/aromatic N) is 1. The van der Waals surface area contributed by atoms with Gasteiger partial charge in [-0.3, -0.25) is 9.59 Å². The Morgan fingerprint density at radius 3 is 2.24 bits per heavy atom. The molecule has 0 saturated heterocycles. The molecule has 0 atom stereocenters. The Labute approximate surface area is 206 Å². The van der Waals surface area contributed by atoms with Crippen molar-refractivity contribution in [2.24, 2.45) is 0 Å². The third-order valence-electron chi connectivity index (χ3n) is 5.95. The van der Waals surface area contributed by atoms with Gasteiger partial charge in [-0.25, -0.2) is 4.90 Å². The summed E-state index contributed by atoms with van der Waals surface area (Å²) in [5.74, 6) is -0.625. The largest absolute Gasteiger partial charge is 0.350 e. The average Bonchev–Trinajstić information content (AvgIpc) is 3.08. The van der Waals surface area contributed by atoms with Crippen LogP contribution < -0.4 is 10.2 Å². The van der Waals surface area contributed by atoms with Crippen LogP contribution in [0.15, 0.2) is 88.3 Å². The molecule has 0 unspecified atom stereocenters. The molecule has 5 heteroatoms. The fraction of sp³-hybridized carbons (Fsp3) is 0.241. The summed E-state index contributed by atoms with van der Waals surface area (Å²) in [6.45, 7) is 6.27. The second kappa shape index (κ2) is 10.7. The summed E-state index contributed by atoms with van der Waals surface area (Å²) < 4.78 is 0. The Kier molecular flexibility index (Phi) is 7.53. The molecule has 4 nitrogen and oxygen atoms in total. The number of para-hydroxylation sites is 1. The van der Waals surface area contributed by atoms with E-state index in [1.807, 2.05) is 79.7 Å². The lowest BCUT2D eigenvalue weighted by atomic mass is 10.1. The fourth-order valence-corrected chi connectivity index (χ4v) is 4.88. The molecule has 174 valence electrons. The Morgan fingerprint density at radius 1 is 0.853 bits per heavy atom. The second-order valence-corrected chi connectivity index (χ2v) is 9.55. The van der Waals surface area contributed by atoms with Gasteiger partial charge in [-0.2, -0.15) is 0 Å². The molecule has 0 aliphatic carbocycles. The number of anilines is 2. The molecule has 1 heterocycles. The van der Waals surface area contributed by atoms with Crippen LogP contribution in [0.3, 0.4) is 0 Å². The van der Waals surface area contributed by atoms with Crippen LogP contribution in [0.2, 0.25) is 0 Å². The summed E-state index contributed by atoms with van der Waals surface area (Å²) in [5, 5.41) is 3.31. The molecular weight excluding hydrogens is 440 g/mol. The third kappa shape index (κ3) is 5.10.